The van der Waals surface area contributed by atoms with E-state index in [1.165, 1.54) is 23.6 Å². The number of aromatic nitrogens is 1. The normalized spacial score (nSPS) is 11.1. The maximum atomic E-state index is 13.6. The van der Waals surface area contributed by atoms with E-state index in [1.54, 1.807) is 0 Å². The first kappa shape index (κ1) is 24.9. The van der Waals surface area contributed by atoms with Crippen LogP contribution in [0.4, 0.5) is 22.0 Å². The summed E-state index contributed by atoms with van der Waals surface area (Å²) in [6, 6.07) is 7.89. The van der Waals surface area contributed by atoms with Gasteiger partial charge < -0.3 is 20.1 Å². The average molecular weight is 501 g/mol. The zero-order valence-electron chi connectivity index (χ0n) is 17.1. The quantitative estimate of drug-likeness (QED) is 0.434. The topological polar surface area (TPSA) is 89.6 Å². The predicted molar refractivity (Wildman–Crippen MR) is 110 cm³/mol. The standard InChI is InChI=1S/C21H16F5N3O4S/c22-15-2-1-3-16(23)14(15)8-28-20(31)17-11-34-19(29-17)9-27-18(30)10-32-12-4-6-13(7-5-12)33-21(24,25)26/h1-7,11H,8-10H2,(H,27,30)(H,28,31). The molecule has 2 N–H and O–H groups in total. The minimum atomic E-state index is -4.81. The lowest BCUT2D eigenvalue weighted by Gasteiger charge is -2.10. The Morgan fingerprint density at radius 3 is 2.24 bits per heavy atom. The summed E-state index contributed by atoms with van der Waals surface area (Å²) in [6.45, 7) is -0.783. The van der Waals surface area contributed by atoms with E-state index in [2.05, 4.69) is 20.4 Å². The summed E-state index contributed by atoms with van der Waals surface area (Å²) < 4.78 is 72.6. The number of hydrogen-bond donors (Lipinski definition) is 2. The minimum Gasteiger partial charge on any atom is -0.484 e. The number of carbonyl (C=O) groups excluding carboxylic acids is 2. The molecule has 7 nitrogen and oxygen atoms in total. The van der Waals surface area contributed by atoms with E-state index in [0.29, 0.717) is 5.01 Å². The van der Waals surface area contributed by atoms with Gasteiger partial charge in [0.05, 0.1) is 6.54 Å². The van der Waals surface area contributed by atoms with E-state index in [9.17, 15) is 31.5 Å². The van der Waals surface area contributed by atoms with Gasteiger partial charge in [-0.1, -0.05) is 6.07 Å². The summed E-state index contributed by atoms with van der Waals surface area (Å²) >= 11 is 1.09. The molecule has 3 rings (SSSR count). The minimum absolute atomic E-state index is 0.0135. The van der Waals surface area contributed by atoms with Gasteiger partial charge in [-0.15, -0.1) is 24.5 Å². The number of amides is 2. The van der Waals surface area contributed by atoms with Gasteiger partial charge in [-0.05, 0) is 36.4 Å². The van der Waals surface area contributed by atoms with E-state index in [4.69, 9.17) is 4.74 Å². The second-order valence-corrected chi connectivity index (χ2v) is 7.54. The van der Waals surface area contributed by atoms with Crippen LogP contribution in [0.3, 0.4) is 0 Å². The third kappa shape index (κ3) is 7.40. The summed E-state index contributed by atoms with van der Waals surface area (Å²) in [5, 5.41) is 6.71. The molecule has 0 saturated heterocycles. The van der Waals surface area contributed by atoms with Crippen LogP contribution in [0.1, 0.15) is 21.1 Å². The highest BCUT2D eigenvalue weighted by molar-refractivity contribution is 7.09. The Hall–Kier alpha value is -3.74. The SMILES string of the molecule is O=C(COc1ccc(OC(F)(F)F)cc1)NCc1nc(C(=O)NCc2c(F)cccc2F)cs1. The van der Waals surface area contributed by atoms with Gasteiger partial charge in [0.15, 0.2) is 6.61 Å². The first-order valence-corrected chi connectivity index (χ1v) is 10.4. The van der Waals surface area contributed by atoms with E-state index in [-0.39, 0.29) is 30.1 Å². The average Bonchev–Trinajstić information content (AvgIpc) is 3.25. The molecule has 0 unspecified atom stereocenters. The van der Waals surface area contributed by atoms with Crippen molar-refractivity contribution >= 4 is 23.2 Å². The van der Waals surface area contributed by atoms with Crippen LogP contribution in [-0.4, -0.2) is 29.8 Å². The zero-order chi connectivity index (χ0) is 24.7. The Morgan fingerprint density at radius 1 is 0.941 bits per heavy atom. The Labute approximate surface area is 193 Å². The summed E-state index contributed by atoms with van der Waals surface area (Å²) in [6.07, 6.45) is -4.81. The molecule has 0 fully saturated rings. The lowest BCUT2D eigenvalue weighted by molar-refractivity contribution is -0.274. The van der Waals surface area contributed by atoms with Crippen molar-refractivity contribution in [1.29, 1.82) is 0 Å². The van der Waals surface area contributed by atoms with E-state index in [0.717, 1.165) is 35.6 Å². The molecule has 2 amide bonds. The van der Waals surface area contributed by atoms with Gasteiger partial charge in [-0.3, -0.25) is 9.59 Å². The molecular formula is C21H16F5N3O4S. The zero-order valence-corrected chi connectivity index (χ0v) is 17.9. The number of alkyl halides is 3. The molecule has 34 heavy (non-hydrogen) atoms. The summed E-state index contributed by atoms with van der Waals surface area (Å²) in [4.78, 5) is 28.1. The fourth-order valence-corrected chi connectivity index (χ4v) is 3.28. The third-order valence-electron chi connectivity index (χ3n) is 4.14. The van der Waals surface area contributed by atoms with Gasteiger partial charge in [0, 0.05) is 17.5 Å². The third-order valence-corrected chi connectivity index (χ3v) is 4.98. The number of hydrogen-bond acceptors (Lipinski definition) is 6. The van der Waals surface area contributed by atoms with Crippen LogP contribution in [0.2, 0.25) is 0 Å². The van der Waals surface area contributed by atoms with Crippen LogP contribution in [0, 0.1) is 11.6 Å². The number of carbonyl (C=O) groups is 2. The number of halogens is 5. The Bertz CT molecular complexity index is 1130. The second-order valence-electron chi connectivity index (χ2n) is 6.59. The van der Waals surface area contributed by atoms with Crippen molar-refractivity contribution in [2.45, 2.75) is 19.5 Å². The molecule has 0 saturated carbocycles. The molecule has 1 aromatic heterocycles. The summed E-state index contributed by atoms with van der Waals surface area (Å²) in [7, 11) is 0. The van der Waals surface area contributed by atoms with Crippen LogP contribution in [-0.2, 0) is 17.9 Å². The smallest absolute Gasteiger partial charge is 0.484 e. The Morgan fingerprint density at radius 2 is 1.59 bits per heavy atom. The highest BCUT2D eigenvalue weighted by atomic mass is 32.1. The molecular weight excluding hydrogens is 485 g/mol. The van der Waals surface area contributed by atoms with Crippen LogP contribution in [0.5, 0.6) is 11.5 Å². The van der Waals surface area contributed by atoms with E-state index < -0.39 is 42.2 Å². The molecule has 2 aromatic carbocycles. The molecule has 0 aliphatic heterocycles. The van der Waals surface area contributed by atoms with Crippen molar-refractivity contribution in [3.8, 4) is 11.5 Å². The lowest BCUT2D eigenvalue weighted by Crippen LogP contribution is -2.28. The maximum absolute atomic E-state index is 13.6. The molecule has 0 atom stereocenters. The number of thiazole rings is 1. The van der Waals surface area contributed by atoms with Crippen LogP contribution in [0.15, 0.2) is 47.8 Å². The highest BCUT2D eigenvalue weighted by Gasteiger charge is 2.31. The van der Waals surface area contributed by atoms with Crippen molar-refractivity contribution in [3.05, 3.63) is 75.7 Å². The molecule has 0 aliphatic carbocycles. The first-order chi connectivity index (χ1) is 16.1. The van der Waals surface area contributed by atoms with Gasteiger partial charge in [0.2, 0.25) is 0 Å². The van der Waals surface area contributed by atoms with E-state index >= 15 is 0 Å². The van der Waals surface area contributed by atoms with Gasteiger partial charge in [-0.2, -0.15) is 0 Å². The second kappa shape index (κ2) is 10.9. The predicted octanol–water partition coefficient (Wildman–Crippen LogP) is 3.95. The molecule has 13 heteroatoms. The molecule has 1 heterocycles. The first-order valence-electron chi connectivity index (χ1n) is 9.51. The Kier molecular flexibility index (Phi) is 7.99. The molecule has 0 spiro atoms. The van der Waals surface area contributed by atoms with Crippen LogP contribution >= 0.6 is 11.3 Å². The summed E-state index contributed by atoms with van der Waals surface area (Å²) in [5.41, 5.74) is -0.260. The van der Waals surface area contributed by atoms with Crippen molar-refractivity contribution in [2.24, 2.45) is 0 Å². The number of rotatable bonds is 9. The summed E-state index contributed by atoms with van der Waals surface area (Å²) in [5.74, 6) is -3.01. The van der Waals surface area contributed by atoms with Gasteiger partial charge >= 0.3 is 6.36 Å². The van der Waals surface area contributed by atoms with E-state index in [1.807, 2.05) is 0 Å². The van der Waals surface area contributed by atoms with Crippen molar-refractivity contribution in [1.82, 2.24) is 15.6 Å². The fourth-order valence-electron chi connectivity index (χ4n) is 2.57. The van der Waals surface area contributed by atoms with Crippen LogP contribution < -0.4 is 20.1 Å². The molecule has 0 bridgehead atoms. The number of nitrogens with zero attached hydrogens (tertiary/aromatic N) is 1. The monoisotopic (exact) mass is 501 g/mol. The van der Waals surface area contributed by atoms with Gasteiger partial charge in [0.1, 0.15) is 33.8 Å². The molecule has 3 aromatic rings. The fraction of sp³-hybridized carbons (Fsp3) is 0.190. The lowest BCUT2D eigenvalue weighted by atomic mass is 10.2. The van der Waals surface area contributed by atoms with Gasteiger partial charge in [0.25, 0.3) is 11.8 Å². The number of nitrogens with one attached hydrogen (secondary N) is 2. The maximum Gasteiger partial charge on any atom is 0.573 e. The highest BCUT2D eigenvalue weighted by Crippen LogP contribution is 2.24. The van der Waals surface area contributed by atoms with Crippen molar-refractivity contribution in [3.63, 3.8) is 0 Å². The van der Waals surface area contributed by atoms with Gasteiger partial charge in [-0.25, -0.2) is 13.8 Å². The van der Waals surface area contributed by atoms with Crippen molar-refractivity contribution in [2.75, 3.05) is 6.61 Å². The van der Waals surface area contributed by atoms with Crippen LogP contribution in [0.25, 0.3) is 0 Å². The number of benzene rings is 2. The Balaban J connectivity index is 1.42. The molecule has 180 valence electrons. The largest absolute Gasteiger partial charge is 0.573 e. The molecule has 0 aliphatic rings. The van der Waals surface area contributed by atoms with Crippen molar-refractivity contribution < 1.29 is 41.0 Å². The molecule has 0 radical (unpaired) electrons. The number of ether oxygens (including phenoxy) is 2.